The minimum absolute atomic E-state index is 0.0275. The fraction of sp³-hybridized carbons (Fsp3) is 0.263. The van der Waals surface area contributed by atoms with E-state index >= 15 is 0 Å². The van der Waals surface area contributed by atoms with Gasteiger partial charge in [-0.1, -0.05) is 12.1 Å². The lowest BCUT2D eigenvalue weighted by Gasteiger charge is -2.34. The smallest absolute Gasteiger partial charge is 0.272 e. The highest BCUT2D eigenvalue weighted by Gasteiger charge is 2.31. The minimum Gasteiger partial charge on any atom is -0.481 e. The lowest BCUT2D eigenvalue weighted by atomic mass is 10.2. The Morgan fingerprint density at radius 1 is 1.19 bits per heavy atom. The van der Waals surface area contributed by atoms with Crippen molar-refractivity contribution >= 4 is 21.6 Å². The van der Waals surface area contributed by atoms with Crippen LogP contribution in [0.3, 0.4) is 0 Å². The summed E-state index contributed by atoms with van der Waals surface area (Å²) in [4.78, 5) is 23.5. The zero-order chi connectivity index (χ0) is 22.6. The Morgan fingerprint density at radius 3 is 2.48 bits per heavy atom. The number of hydrogen-bond donors (Lipinski definition) is 0. The fourth-order valence-electron chi connectivity index (χ4n) is 3.05. The molecule has 1 fully saturated rings. The van der Waals surface area contributed by atoms with Crippen molar-refractivity contribution < 1.29 is 27.3 Å². The number of carbonyl (C=O) groups is 1. The molecule has 1 heterocycles. The van der Waals surface area contributed by atoms with Crippen molar-refractivity contribution in [2.24, 2.45) is 0 Å². The number of nitro groups is 1. The summed E-state index contributed by atoms with van der Waals surface area (Å²) >= 11 is 0. The topological polar surface area (TPSA) is 134 Å². The standard InChI is InChI=1S/C19H17FN4O6S/c20-16-11-15(24(26)27)5-6-17(16)30-13-19(25)22-7-9-23(10-8-22)31(28,29)18-4-2-1-3-14(18)12-21/h1-6,11H,7-10,13H2. The van der Waals surface area contributed by atoms with E-state index in [1.807, 2.05) is 6.07 Å². The van der Waals surface area contributed by atoms with E-state index in [2.05, 4.69) is 0 Å². The highest BCUT2D eigenvalue weighted by atomic mass is 32.2. The fourth-order valence-corrected chi connectivity index (χ4v) is 4.62. The van der Waals surface area contributed by atoms with Gasteiger partial charge in [0.05, 0.1) is 21.4 Å². The predicted octanol–water partition coefficient (Wildman–Crippen LogP) is 1.52. The van der Waals surface area contributed by atoms with Crippen LogP contribution in [0, 0.1) is 27.3 Å². The number of benzene rings is 2. The van der Waals surface area contributed by atoms with Gasteiger partial charge in [-0.2, -0.15) is 9.57 Å². The quantitative estimate of drug-likeness (QED) is 0.483. The van der Waals surface area contributed by atoms with Crippen molar-refractivity contribution in [1.29, 1.82) is 5.26 Å². The number of nitro benzene ring substituents is 1. The van der Waals surface area contributed by atoms with E-state index in [1.165, 1.54) is 27.4 Å². The van der Waals surface area contributed by atoms with E-state index in [4.69, 9.17) is 10.00 Å². The SMILES string of the molecule is N#Cc1ccccc1S(=O)(=O)N1CCN(C(=O)COc2ccc([N+](=O)[O-])cc2F)CC1. The Bertz CT molecular complexity index is 1160. The second-order valence-corrected chi connectivity index (χ2v) is 8.46. The van der Waals surface area contributed by atoms with Gasteiger partial charge in [-0.25, -0.2) is 12.8 Å². The molecule has 2 aromatic carbocycles. The largest absolute Gasteiger partial charge is 0.481 e. The number of rotatable bonds is 6. The predicted molar refractivity (Wildman–Crippen MR) is 105 cm³/mol. The van der Waals surface area contributed by atoms with Crippen molar-refractivity contribution in [3.63, 3.8) is 0 Å². The molecule has 0 saturated carbocycles. The van der Waals surface area contributed by atoms with E-state index in [0.29, 0.717) is 6.07 Å². The first-order valence-electron chi connectivity index (χ1n) is 9.08. The van der Waals surface area contributed by atoms with Crippen molar-refractivity contribution in [3.05, 3.63) is 64.0 Å². The average Bonchev–Trinajstić information content (AvgIpc) is 2.77. The van der Waals surface area contributed by atoms with Crippen LogP contribution in [-0.4, -0.2) is 61.2 Å². The molecular weight excluding hydrogens is 431 g/mol. The van der Waals surface area contributed by atoms with Crippen LogP contribution in [0.2, 0.25) is 0 Å². The summed E-state index contributed by atoms with van der Waals surface area (Å²) in [5.41, 5.74) is -0.397. The van der Waals surface area contributed by atoms with Crippen molar-refractivity contribution in [1.82, 2.24) is 9.21 Å². The van der Waals surface area contributed by atoms with Gasteiger partial charge in [-0.15, -0.1) is 0 Å². The van der Waals surface area contributed by atoms with Crippen LogP contribution in [0.25, 0.3) is 0 Å². The molecule has 0 radical (unpaired) electrons. The zero-order valence-corrected chi connectivity index (χ0v) is 16.9. The Morgan fingerprint density at radius 2 is 1.87 bits per heavy atom. The summed E-state index contributed by atoms with van der Waals surface area (Å²) in [6.45, 7) is -0.254. The van der Waals surface area contributed by atoms with Crippen LogP contribution in [0.15, 0.2) is 47.4 Å². The number of carbonyl (C=O) groups excluding carboxylic acids is 1. The van der Waals surface area contributed by atoms with E-state index in [9.17, 15) is 27.7 Å². The molecule has 0 aromatic heterocycles. The third kappa shape index (κ3) is 4.79. The van der Waals surface area contributed by atoms with Crippen molar-refractivity contribution in [2.45, 2.75) is 4.90 Å². The Balaban J connectivity index is 1.59. The lowest BCUT2D eigenvalue weighted by Crippen LogP contribution is -2.51. The van der Waals surface area contributed by atoms with E-state index < -0.39 is 39.0 Å². The number of sulfonamides is 1. The average molecular weight is 448 g/mol. The first-order chi connectivity index (χ1) is 14.7. The molecule has 0 atom stereocenters. The molecule has 1 saturated heterocycles. The molecule has 1 aliphatic rings. The highest BCUT2D eigenvalue weighted by Crippen LogP contribution is 2.23. The number of piperazine rings is 1. The van der Waals surface area contributed by atoms with Crippen LogP contribution in [0.4, 0.5) is 10.1 Å². The van der Waals surface area contributed by atoms with Gasteiger partial charge in [-0.05, 0) is 18.2 Å². The first kappa shape index (κ1) is 22.1. The summed E-state index contributed by atoms with van der Waals surface area (Å²) in [5.74, 6) is -1.74. The molecule has 2 aromatic rings. The van der Waals surface area contributed by atoms with Gasteiger partial charge in [0, 0.05) is 32.2 Å². The molecular formula is C19H17FN4O6S. The molecule has 0 bridgehead atoms. The molecule has 0 aliphatic carbocycles. The van der Waals surface area contributed by atoms with Gasteiger partial charge in [0.15, 0.2) is 18.2 Å². The number of ether oxygens (including phenoxy) is 1. The van der Waals surface area contributed by atoms with Crippen molar-refractivity contribution in [2.75, 3.05) is 32.8 Å². The molecule has 0 N–H and O–H groups in total. The molecule has 0 spiro atoms. The second kappa shape index (κ2) is 9.07. The third-order valence-electron chi connectivity index (χ3n) is 4.69. The van der Waals surface area contributed by atoms with Gasteiger partial charge in [0.25, 0.3) is 11.6 Å². The van der Waals surface area contributed by atoms with Crippen LogP contribution >= 0.6 is 0 Å². The number of amides is 1. The first-order valence-corrected chi connectivity index (χ1v) is 10.5. The maximum Gasteiger partial charge on any atom is 0.272 e. The molecule has 31 heavy (non-hydrogen) atoms. The molecule has 0 unspecified atom stereocenters. The number of hydrogen-bond acceptors (Lipinski definition) is 7. The summed E-state index contributed by atoms with van der Waals surface area (Å²) < 4.78 is 45.8. The summed E-state index contributed by atoms with van der Waals surface area (Å²) in [6.07, 6.45) is 0. The van der Waals surface area contributed by atoms with E-state index in [-0.39, 0.29) is 42.4 Å². The number of non-ortho nitro benzene ring substituents is 1. The van der Waals surface area contributed by atoms with Crippen LogP contribution in [0.5, 0.6) is 5.75 Å². The van der Waals surface area contributed by atoms with Gasteiger partial charge in [-0.3, -0.25) is 14.9 Å². The molecule has 10 nitrogen and oxygen atoms in total. The Kier molecular flexibility index (Phi) is 6.47. The van der Waals surface area contributed by atoms with Crippen LogP contribution in [-0.2, 0) is 14.8 Å². The monoisotopic (exact) mass is 448 g/mol. The molecule has 1 amide bonds. The summed E-state index contributed by atoms with van der Waals surface area (Å²) in [6, 6.07) is 10.6. The van der Waals surface area contributed by atoms with E-state index in [0.717, 1.165) is 12.1 Å². The Labute approximate surface area is 177 Å². The van der Waals surface area contributed by atoms with E-state index in [1.54, 1.807) is 6.07 Å². The molecule has 3 rings (SSSR count). The number of nitriles is 1. The molecule has 12 heteroatoms. The number of nitrogens with zero attached hydrogens (tertiary/aromatic N) is 4. The van der Waals surface area contributed by atoms with Crippen LogP contribution in [0.1, 0.15) is 5.56 Å². The van der Waals surface area contributed by atoms with Gasteiger partial charge in [0.1, 0.15) is 6.07 Å². The number of halogens is 1. The maximum atomic E-state index is 13.9. The van der Waals surface area contributed by atoms with Crippen LogP contribution < -0.4 is 4.74 Å². The second-order valence-electron chi connectivity index (χ2n) is 6.55. The van der Waals surface area contributed by atoms with Gasteiger partial charge < -0.3 is 9.64 Å². The molecule has 162 valence electrons. The summed E-state index contributed by atoms with van der Waals surface area (Å²) in [7, 11) is -3.89. The minimum atomic E-state index is -3.89. The zero-order valence-electron chi connectivity index (χ0n) is 16.1. The molecule has 1 aliphatic heterocycles. The lowest BCUT2D eigenvalue weighted by molar-refractivity contribution is -0.385. The maximum absolute atomic E-state index is 13.9. The third-order valence-corrected chi connectivity index (χ3v) is 6.65. The van der Waals surface area contributed by atoms with Gasteiger partial charge >= 0.3 is 0 Å². The summed E-state index contributed by atoms with van der Waals surface area (Å²) in [5, 5.41) is 19.8. The Hall–Kier alpha value is -3.56. The highest BCUT2D eigenvalue weighted by molar-refractivity contribution is 7.89. The van der Waals surface area contributed by atoms with Crippen molar-refractivity contribution in [3.8, 4) is 11.8 Å². The normalized spacial score (nSPS) is 14.6. The van der Waals surface area contributed by atoms with Gasteiger partial charge in [0.2, 0.25) is 10.0 Å².